The molecule has 0 atom stereocenters. The molecule has 1 aliphatic rings. The summed E-state index contributed by atoms with van der Waals surface area (Å²) in [5, 5.41) is 8.53. The number of rotatable bonds is 3. The van der Waals surface area contributed by atoms with Crippen molar-refractivity contribution in [3.05, 3.63) is 36.8 Å². The third-order valence-electron chi connectivity index (χ3n) is 4.38. The second kappa shape index (κ2) is 5.87. The van der Waals surface area contributed by atoms with Gasteiger partial charge in [-0.3, -0.25) is 4.68 Å². The second-order valence-electron chi connectivity index (χ2n) is 5.95. The molecular formula is C17H20N6. The minimum absolute atomic E-state index is 0.786. The van der Waals surface area contributed by atoms with Gasteiger partial charge in [-0.05, 0) is 43.5 Å². The van der Waals surface area contributed by atoms with Gasteiger partial charge in [0, 0.05) is 31.5 Å². The van der Waals surface area contributed by atoms with Crippen LogP contribution in [0.2, 0.25) is 0 Å². The summed E-state index contributed by atoms with van der Waals surface area (Å²) in [6.07, 6.45) is 7.29. The lowest BCUT2D eigenvalue weighted by Crippen LogP contribution is -2.29. The monoisotopic (exact) mass is 308 g/mol. The predicted octanol–water partition coefficient (Wildman–Crippen LogP) is 3.10. The SMILES string of the molecule is Cn1ncc2c(Nc3ccc(N4CCCCC4)cc3)ncnc21. The summed E-state index contributed by atoms with van der Waals surface area (Å²) < 4.78 is 1.75. The van der Waals surface area contributed by atoms with Crippen LogP contribution in [0.1, 0.15) is 19.3 Å². The fraction of sp³-hybridized carbons (Fsp3) is 0.353. The molecule has 6 heteroatoms. The smallest absolute Gasteiger partial charge is 0.163 e. The first-order chi connectivity index (χ1) is 11.3. The Bertz CT molecular complexity index is 802. The number of fused-ring (bicyclic) bond motifs is 1. The minimum atomic E-state index is 0.786. The van der Waals surface area contributed by atoms with E-state index in [-0.39, 0.29) is 0 Å². The molecule has 6 nitrogen and oxygen atoms in total. The van der Waals surface area contributed by atoms with Crippen LogP contribution in [0.3, 0.4) is 0 Å². The van der Waals surface area contributed by atoms with E-state index in [1.807, 2.05) is 7.05 Å². The van der Waals surface area contributed by atoms with Crippen molar-refractivity contribution in [2.45, 2.75) is 19.3 Å². The van der Waals surface area contributed by atoms with E-state index in [0.29, 0.717) is 0 Å². The van der Waals surface area contributed by atoms with Gasteiger partial charge < -0.3 is 10.2 Å². The number of nitrogens with one attached hydrogen (secondary N) is 1. The van der Waals surface area contributed by atoms with E-state index in [2.05, 4.69) is 49.5 Å². The molecule has 1 aromatic carbocycles. The molecule has 0 bridgehead atoms. The highest BCUT2D eigenvalue weighted by Gasteiger charge is 2.11. The summed E-state index contributed by atoms with van der Waals surface area (Å²) in [5.74, 6) is 0.786. The van der Waals surface area contributed by atoms with Gasteiger partial charge in [-0.15, -0.1) is 0 Å². The minimum Gasteiger partial charge on any atom is -0.372 e. The Morgan fingerprint density at radius 3 is 2.57 bits per heavy atom. The zero-order chi connectivity index (χ0) is 15.6. The van der Waals surface area contributed by atoms with E-state index < -0.39 is 0 Å². The topological polar surface area (TPSA) is 58.9 Å². The molecule has 1 saturated heterocycles. The number of nitrogens with zero attached hydrogens (tertiary/aromatic N) is 5. The van der Waals surface area contributed by atoms with Gasteiger partial charge in [0.2, 0.25) is 0 Å². The molecule has 0 saturated carbocycles. The Balaban J connectivity index is 1.56. The molecule has 0 aliphatic carbocycles. The van der Waals surface area contributed by atoms with Crippen molar-refractivity contribution in [1.82, 2.24) is 19.7 Å². The molecular weight excluding hydrogens is 288 g/mol. The van der Waals surface area contributed by atoms with E-state index >= 15 is 0 Å². The zero-order valence-electron chi connectivity index (χ0n) is 13.2. The van der Waals surface area contributed by atoms with E-state index in [4.69, 9.17) is 0 Å². The lowest BCUT2D eigenvalue weighted by molar-refractivity contribution is 0.578. The largest absolute Gasteiger partial charge is 0.372 e. The van der Waals surface area contributed by atoms with Crippen molar-refractivity contribution in [2.75, 3.05) is 23.3 Å². The maximum Gasteiger partial charge on any atom is 0.163 e. The van der Waals surface area contributed by atoms with Crippen molar-refractivity contribution in [3.63, 3.8) is 0 Å². The Morgan fingerprint density at radius 1 is 1.00 bits per heavy atom. The van der Waals surface area contributed by atoms with Crippen LogP contribution in [0, 0.1) is 0 Å². The highest BCUT2D eigenvalue weighted by Crippen LogP contribution is 2.25. The third-order valence-corrected chi connectivity index (χ3v) is 4.38. The Hall–Kier alpha value is -2.63. The van der Waals surface area contributed by atoms with Gasteiger partial charge in [0.1, 0.15) is 12.1 Å². The van der Waals surface area contributed by atoms with Crippen LogP contribution in [-0.2, 0) is 7.05 Å². The van der Waals surface area contributed by atoms with E-state index in [0.717, 1.165) is 35.6 Å². The first kappa shape index (κ1) is 14.0. The number of hydrogen-bond donors (Lipinski definition) is 1. The fourth-order valence-electron chi connectivity index (χ4n) is 3.11. The number of aromatic nitrogens is 4. The molecule has 1 aliphatic heterocycles. The van der Waals surface area contributed by atoms with Crippen molar-refractivity contribution in [3.8, 4) is 0 Å². The molecule has 23 heavy (non-hydrogen) atoms. The molecule has 1 N–H and O–H groups in total. The molecule has 118 valence electrons. The van der Waals surface area contributed by atoms with Crippen LogP contribution < -0.4 is 10.2 Å². The van der Waals surface area contributed by atoms with Crippen molar-refractivity contribution in [2.24, 2.45) is 7.05 Å². The van der Waals surface area contributed by atoms with Crippen LogP contribution in [0.4, 0.5) is 17.2 Å². The molecule has 0 spiro atoms. The summed E-state index contributed by atoms with van der Waals surface area (Å²) in [6, 6.07) is 8.56. The maximum atomic E-state index is 4.34. The average Bonchev–Trinajstić information content (AvgIpc) is 2.99. The number of benzene rings is 1. The highest BCUT2D eigenvalue weighted by molar-refractivity contribution is 5.88. The zero-order valence-corrected chi connectivity index (χ0v) is 13.2. The maximum absolute atomic E-state index is 4.34. The molecule has 4 rings (SSSR count). The van der Waals surface area contributed by atoms with Gasteiger partial charge >= 0.3 is 0 Å². The second-order valence-corrected chi connectivity index (χ2v) is 5.95. The molecule has 2 aromatic heterocycles. The Kier molecular flexibility index (Phi) is 3.57. The van der Waals surface area contributed by atoms with Crippen LogP contribution >= 0.6 is 0 Å². The predicted molar refractivity (Wildman–Crippen MR) is 92.1 cm³/mol. The lowest BCUT2D eigenvalue weighted by atomic mass is 10.1. The van der Waals surface area contributed by atoms with Gasteiger partial charge in [-0.2, -0.15) is 5.10 Å². The van der Waals surface area contributed by atoms with E-state index in [1.165, 1.54) is 24.9 Å². The molecule has 1 fully saturated rings. The van der Waals surface area contributed by atoms with Gasteiger partial charge in [0.25, 0.3) is 0 Å². The number of hydrogen-bond acceptors (Lipinski definition) is 5. The van der Waals surface area contributed by atoms with Crippen LogP contribution in [0.25, 0.3) is 11.0 Å². The average molecular weight is 308 g/mol. The summed E-state index contributed by atoms with van der Waals surface area (Å²) in [6.45, 7) is 2.32. The number of piperidine rings is 1. The van der Waals surface area contributed by atoms with Gasteiger partial charge in [0.15, 0.2) is 5.65 Å². The summed E-state index contributed by atoms with van der Waals surface area (Å²) in [7, 11) is 1.88. The first-order valence-corrected chi connectivity index (χ1v) is 8.06. The molecule has 0 amide bonds. The molecule has 3 aromatic rings. The van der Waals surface area contributed by atoms with Gasteiger partial charge in [0.05, 0.1) is 11.6 Å². The molecule has 3 heterocycles. The summed E-state index contributed by atoms with van der Waals surface area (Å²) in [4.78, 5) is 11.1. The normalized spacial score (nSPS) is 15.1. The number of aryl methyl sites for hydroxylation is 1. The number of anilines is 3. The van der Waals surface area contributed by atoms with Crippen LogP contribution in [0.5, 0.6) is 0 Å². The molecule has 0 unspecified atom stereocenters. The molecule has 0 radical (unpaired) electrons. The Morgan fingerprint density at radius 2 is 1.78 bits per heavy atom. The standard InChI is InChI=1S/C17H20N6/c1-22-17-15(11-20-22)16(18-12-19-17)21-13-5-7-14(8-6-13)23-9-3-2-4-10-23/h5-8,11-12H,2-4,9-10H2,1H3,(H,18,19,21). The lowest BCUT2D eigenvalue weighted by Gasteiger charge is -2.28. The third kappa shape index (κ3) is 2.72. The van der Waals surface area contributed by atoms with E-state index in [9.17, 15) is 0 Å². The van der Waals surface area contributed by atoms with Crippen LogP contribution in [-0.4, -0.2) is 32.8 Å². The van der Waals surface area contributed by atoms with Crippen molar-refractivity contribution >= 4 is 28.2 Å². The fourth-order valence-corrected chi connectivity index (χ4v) is 3.11. The highest BCUT2D eigenvalue weighted by atomic mass is 15.3. The van der Waals surface area contributed by atoms with Crippen LogP contribution in [0.15, 0.2) is 36.8 Å². The van der Waals surface area contributed by atoms with Crippen molar-refractivity contribution in [1.29, 1.82) is 0 Å². The van der Waals surface area contributed by atoms with Gasteiger partial charge in [-0.25, -0.2) is 9.97 Å². The first-order valence-electron chi connectivity index (χ1n) is 8.06. The summed E-state index contributed by atoms with van der Waals surface area (Å²) in [5.41, 5.74) is 3.14. The van der Waals surface area contributed by atoms with E-state index in [1.54, 1.807) is 17.2 Å². The van der Waals surface area contributed by atoms with Gasteiger partial charge in [-0.1, -0.05) is 0 Å². The quantitative estimate of drug-likeness (QED) is 0.805. The summed E-state index contributed by atoms with van der Waals surface area (Å²) >= 11 is 0. The van der Waals surface area contributed by atoms with Crippen molar-refractivity contribution < 1.29 is 0 Å². The Labute approximate surface area is 135 Å².